The van der Waals surface area contributed by atoms with Crippen LogP contribution >= 0.6 is 0 Å². The van der Waals surface area contributed by atoms with Crippen LogP contribution in [-0.4, -0.2) is 25.7 Å². The molecule has 0 bridgehead atoms. The van der Waals surface area contributed by atoms with Gasteiger partial charge in [-0.15, -0.1) is 0 Å². The molecule has 0 heterocycles. The molecule has 4 heteroatoms. The van der Waals surface area contributed by atoms with Crippen LogP contribution in [0.4, 0.5) is 0 Å². The van der Waals surface area contributed by atoms with E-state index in [0.717, 1.165) is 12.8 Å². The van der Waals surface area contributed by atoms with Crippen molar-refractivity contribution < 1.29 is 19.1 Å². The van der Waals surface area contributed by atoms with Gasteiger partial charge in [-0.2, -0.15) is 0 Å². The Morgan fingerprint density at radius 3 is 2.13 bits per heavy atom. The van der Waals surface area contributed by atoms with Crippen LogP contribution in [0.1, 0.15) is 45.4 Å². The molecule has 0 radical (unpaired) electrons. The van der Waals surface area contributed by atoms with Gasteiger partial charge in [0, 0.05) is 12.8 Å². The number of ether oxygens (including phenoxy) is 2. The van der Waals surface area contributed by atoms with Crippen molar-refractivity contribution in [2.45, 2.75) is 45.4 Å². The van der Waals surface area contributed by atoms with E-state index in [1.807, 2.05) is 6.92 Å². The summed E-state index contributed by atoms with van der Waals surface area (Å²) in [5.41, 5.74) is 0. The summed E-state index contributed by atoms with van der Waals surface area (Å²) < 4.78 is 9.44. The Morgan fingerprint density at radius 2 is 1.60 bits per heavy atom. The zero-order chi connectivity index (χ0) is 11.5. The molecule has 0 fully saturated rings. The number of esters is 2. The molecule has 4 nitrogen and oxygen atoms in total. The standard InChI is InChI=1S/C11H20O4/c1-3-4-9-15-11(13)8-6-5-7-10(12)14-2/h3-9H2,1-2H3. The largest absolute Gasteiger partial charge is 0.469 e. The highest BCUT2D eigenvalue weighted by Crippen LogP contribution is 2.02. The van der Waals surface area contributed by atoms with E-state index in [4.69, 9.17) is 4.74 Å². The van der Waals surface area contributed by atoms with Crippen molar-refractivity contribution in [1.29, 1.82) is 0 Å². The molecule has 0 unspecified atom stereocenters. The van der Waals surface area contributed by atoms with Crippen molar-refractivity contribution in [2.24, 2.45) is 0 Å². The summed E-state index contributed by atoms with van der Waals surface area (Å²) in [5, 5.41) is 0. The second-order valence-corrected chi connectivity index (χ2v) is 3.36. The first-order valence-electron chi connectivity index (χ1n) is 5.43. The first-order valence-corrected chi connectivity index (χ1v) is 5.43. The highest BCUT2D eigenvalue weighted by Gasteiger charge is 2.04. The third-order valence-corrected chi connectivity index (χ3v) is 2.00. The van der Waals surface area contributed by atoms with Crippen molar-refractivity contribution in [1.82, 2.24) is 0 Å². The molecule has 0 aromatic rings. The maximum absolute atomic E-state index is 11.1. The molecule has 0 spiro atoms. The van der Waals surface area contributed by atoms with Crippen molar-refractivity contribution in [3.63, 3.8) is 0 Å². The van der Waals surface area contributed by atoms with Crippen molar-refractivity contribution >= 4 is 11.9 Å². The van der Waals surface area contributed by atoms with Gasteiger partial charge in [-0.25, -0.2) is 0 Å². The summed E-state index contributed by atoms with van der Waals surface area (Å²) in [4.78, 5) is 21.8. The predicted molar refractivity (Wildman–Crippen MR) is 56.4 cm³/mol. The van der Waals surface area contributed by atoms with E-state index < -0.39 is 0 Å². The van der Waals surface area contributed by atoms with E-state index in [9.17, 15) is 9.59 Å². The highest BCUT2D eigenvalue weighted by molar-refractivity contribution is 5.70. The summed E-state index contributed by atoms with van der Waals surface area (Å²) in [6, 6.07) is 0. The number of unbranched alkanes of at least 4 members (excludes halogenated alkanes) is 2. The maximum atomic E-state index is 11.1. The zero-order valence-corrected chi connectivity index (χ0v) is 9.58. The molecular weight excluding hydrogens is 196 g/mol. The SMILES string of the molecule is CCCCOC(=O)CCCCC(=O)OC. The molecule has 0 amide bonds. The van der Waals surface area contributed by atoms with Crippen LogP contribution in [-0.2, 0) is 19.1 Å². The fourth-order valence-corrected chi connectivity index (χ4v) is 1.04. The topological polar surface area (TPSA) is 52.6 Å². The van der Waals surface area contributed by atoms with Crippen molar-refractivity contribution in [3.8, 4) is 0 Å². The molecule has 0 saturated carbocycles. The Labute approximate surface area is 90.9 Å². The van der Waals surface area contributed by atoms with E-state index in [1.165, 1.54) is 7.11 Å². The van der Waals surface area contributed by atoms with Crippen LogP contribution in [0.3, 0.4) is 0 Å². The van der Waals surface area contributed by atoms with Crippen LogP contribution in [0, 0.1) is 0 Å². The number of hydrogen-bond acceptors (Lipinski definition) is 4. The number of carbonyl (C=O) groups excluding carboxylic acids is 2. The van der Waals surface area contributed by atoms with Crippen LogP contribution in [0.2, 0.25) is 0 Å². The summed E-state index contributed by atoms with van der Waals surface area (Å²) in [6.07, 6.45) is 4.05. The average Bonchev–Trinajstić information content (AvgIpc) is 2.24. The summed E-state index contributed by atoms with van der Waals surface area (Å²) in [7, 11) is 1.36. The molecule has 0 aliphatic carbocycles. The molecule has 88 valence electrons. The Kier molecular flexibility index (Phi) is 8.82. The van der Waals surface area contributed by atoms with Gasteiger partial charge in [0.25, 0.3) is 0 Å². The third kappa shape index (κ3) is 9.25. The minimum atomic E-state index is -0.227. The number of carbonyl (C=O) groups is 2. The van der Waals surface area contributed by atoms with E-state index in [1.54, 1.807) is 0 Å². The Morgan fingerprint density at radius 1 is 1.00 bits per heavy atom. The van der Waals surface area contributed by atoms with Gasteiger partial charge in [0.05, 0.1) is 13.7 Å². The van der Waals surface area contributed by atoms with Gasteiger partial charge in [0.15, 0.2) is 0 Å². The molecule has 0 atom stereocenters. The van der Waals surface area contributed by atoms with Crippen molar-refractivity contribution in [3.05, 3.63) is 0 Å². The second-order valence-electron chi connectivity index (χ2n) is 3.36. The first-order chi connectivity index (χ1) is 7.20. The highest BCUT2D eigenvalue weighted by atomic mass is 16.5. The van der Waals surface area contributed by atoms with Crippen LogP contribution in [0.25, 0.3) is 0 Å². The Balaban J connectivity index is 3.27. The fraction of sp³-hybridized carbons (Fsp3) is 0.818. The normalized spacial score (nSPS) is 9.73. The van der Waals surface area contributed by atoms with Gasteiger partial charge >= 0.3 is 11.9 Å². The van der Waals surface area contributed by atoms with E-state index >= 15 is 0 Å². The maximum Gasteiger partial charge on any atom is 0.305 e. The van der Waals surface area contributed by atoms with Crippen molar-refractivity contribution in [2.75, 3.05) is 13.7 Å². The average molecular weight is 216 g/mol. The molecule has 0 rings (SSSR count). The third-order valence-electron chi connectivity index (χ3n) is 2.00. The lowest BCUT2D eigenvalue weighted by Crippen LogP contribution is -2.06. The zero-order valence-electron chi connectivity index (χ0n) is 9.58. The quantitative estimate of drug-likeness (QED) is 0.460. The van der Waals surface area contributed by atoms with E-state index in [2.05, 4.69) is 4.74 Å². The van der Waals surface area contributed by atoms with Gasteiger partial charge in [-0.05, 0) is 19.3 Å². The van der Waals surface area contributed by atoms with Gasteiger partial charge in [0.2, 0.25) is 0 Å². The summed E-state index contributed by atoms with van der Waals surface area (Å²) >= 11 is 0. The lowest BCUT2D eigenvalue weighted by molar-refractivity contribution is -0.144. The second kappa shape index (κ2) is 9.49. The van der Waals surface area contributed by atoms with Gasteiger partial charge < -0.3 is 9.47 Å². The molecule has 0 aliphatic rings. The lowest BCUT2D eigenvalue weighted by atomic mass is 10.2. The number of hydrogen-bond donors (Lipinski definition) is 0. The van der Waals surface area contributed by atoms with Crippen LogP contribution in [0.15, 0.2) is 0 Å². The molecule has 0 saturated heterocycles. The molecular formula is C11H20O4. The monoisotopic (exact) mass is 216 g/mol. The Hall–Kier alpha value is -1.06. The molecule has 0 aromatic carbocycles. The number of rotatable bonds is 8. The van der Waals surface area contributed by atoms with Gasteiger partial charge in [-0.3, -0.25) is 9.59 Å². The first kappa shape index (κ1) is 13.9. The fourth-order valence-electron chi connectivity index (χ4n) is 1.04. The molecule has 0 N–H and O–H groups in total. The van der Waals surface area contributed by atoms with Gasteiger partial charge in [0.1, 0.15) is 0 Å². The van der Waals surface area contributed by atoms with E-state index in [-0.39, 0.29) is 11.9 Å². The van der Waals surface area contributed by atoms with Crippen LogP contribution in [0.5, 0.6) is 0 Å². The minimum absolute atomic E-state index is 0.173. The number of methoxy groups -OCH3 is 1. The lowest BCUT2D eigenvalue weighted by Gasteiger charge is -2.03. The van der Waals surface area contributed by atoms with Crippen LogP contribution < -0.4 is 0 Å². The van der Waals surface area contributed by atoms with E-state index in [0.29, 0.717) is 32.3 Å². The summed E-state index contributed by atoms with van der Waals surface area (Å²) in [5.74, 6) is -0.400. The predicted octanol–water partition coefficient (Wildman–Crippen LogP) is 2.06. The molecule has 0 aliphatic heterocycles. The summed E-state index contributed by atoms with van der Waals surface area (Å²) in [6.45, 7) is 2.55. The minimum Gasteiger partial charge on any atom is -0.469 e. The Bertz CT molecular complexity index is 189. The molecule has 15 heavy (non-hydrogen) atoms. The smallest absolute Gasteiger partial charge is 0.305 e. The molecule has 0 aromatic heterocycles. The van der Waals surface area contributed by atoms with Gasteiger partial charge in [-0.1, -0.05) is 13.3 Å².